The third kappa shape index (κ3) is 5.24. The van der Waals surface area contributed by atoms with E-state index in [1.807, 2.05) is 30.3 Å². The third-order valence-corrected chi connectivity index (χ3v) is 3.53. The van der Waals surface area contributed by atoms with Crippen molar-refractivity contribution in [1.82, 2.24) is 5.32 Å². The van der Waals surface area contributed by atoms with Gasteiger partial charge >= 0.3 is 0 Å². The normalized spacial score (nSPS) is 10.5. The van der Waals surface area contributed by atoms with E-state index in [-0.39, 0.29) is 5.56 Å². The van der Waals surface area contributed by atoms with Gasteiger partial charge in [0.1, 0.15) is 5.82 Å². The molecule has 1 amide bonds. The molecule has 0 unspecified atom stereocenters. The Morgan fingerprint density at radius 2 is 1.95 bits per heavy atom. The van der Waals surface area contributed by atoms with Gasteiger partial charge in [-0.2, -0.15) is 0 Å². The Balaban J connectivity index is 1.65. The summed E-state index contributed by atoms with van der Waals surface area (Å²) in [6, 6.07) is 14.3. The lowest BCUT2D eigenvalue weighted by atomic mass is 10.2. The minimum atomic E-state index is -0.535. The molecule has 0 aliphatic rings. The van der Waals surface area contributed by atoms with E-state index in [1.165, 1.54) is 12.1 Å². The van der Waals surface area contributed by atoms with Gasteiger partial charge in [-0.1, -0.05) is 46.3 Å². The zero-order valence-electron chi connectivity index (χ0n) is 12.0. The largest absolute Gasteiger partial charge is 0.377 e. The number of rotatable bonds is 7. The Labute approximate surface area is 137 Å². The molecule has 0 bridgehead atoms. The minimum absolute atomic E-state index is 0.0494. The van der Waals surface area contributed by atoms with Gasteiger partial charge in [-0.05, 0) is 30.2 Å². The quantitative estimate of drug-likeness (QED) is 0.755. The van der Waals surface area contributed by atoms with Gasteiger partial charge in [0, 0.05) is 17.6 Å². The van der Waals surface area contributed by atoms with Gasteiger partial charge in [0.2, 0.25) is 0 Å². The van der Waals surface area contributed by atoms with Crippen LogP contribution in [-0.2, 0) is 11.3 Å². The molecule has 3 nitrogen and oxygen atoms in total. The number of hydrogen-bond acceptors (Lipinski definition) is 2. The second kappa shape index (κ2) is 8.66. The fourth-order valence-electron chi connectivity index (χ4n) is 1.91. The van der Waals surface area contributed by atoms with Crippen LogP contribution in [-0.4, -0.2) is 19.1 Å². The lowest BCUT2D eigenvalue weighted by molar-refractivity contribution is 0.0930. The molecule has 0 spiro atoms. The Hall–Kier alpha value is -1.72. The SMILES string of the molecule is O=C(NCCCOCc1ccccc1)c1ccc(Br)cc1F. The monoisotopic (exact) mass is 365 g/mol. The van der Waals surface area contributed by atoms with Gasteiger partial charge in [-0.25, -0.2) is 4.39 Å². The summed E-state index contributed by atoms with van der Waals surface area (Å²) in [5.74, 6) is -0.944. The summed E-state index contributed by atoms with van der Waals surface area (Å²) >= 11 is 3.16. The maximum Gasteiger partial charge on any atom is 0.254 e. The van der Waals surface area contributed by atoms with Gasteiger partial charge in [0.05, 0.1) is 12.2 Å². The minimum Gasteiger partial charge on any atom is -0.377 e. The summed E-state index contributed by atoms with van der Waals surface area (Å²) < 4.78 is 19.7. The first-order valence-electron chi connectivity index (χ1n) is 7.02. The van der Waals surface area contributed by atoms with Crippen molar-refractivity contribution < 1.29 is 13.9 Å². The van der Waals surface area contributed by atoms with E-state index >= 15 is 0 Å². The standard InChI is InChI=1S/C17H17BrFNO2/c18-14-7-8-15(16(19)11-14)17(21)20-9-4-10-22-12-13-5-2-1-3-6-13/h1-3,5-8,11H,4,9-10,12H2,(H,20,21). The lowest BCUT2D eigenvalue weighted by Crippen LogP contribution is -2.26. The highest BCUT2D eigenvalue weighted by atomic mass is 79.9. The number of ether oxygens (including phenoxy) is 1. The fourth-order valence-corrected chi connectivity index (χ4v) is 2.24. The molecule has 22 heavy (non-hydrogen) atoms. The van der Waals surface area contributed by atoms with Crippen molar-refractivity contribution >= 4 is 21.8 Å². The smallest absolute Gasteiger partial charge is 0.254 e. The number of benzene rings is 2. The summed E-state index contributed by atoms with van der Waals surface area (Å²) in [5, 5.41) is 2.68. The van der Waals surface area contributed by atoms with E-state index in [4.69, 9.17) is 4.74 Å². The van der Waals surface area contributed by atoms with Crippen molar-refractivity contribution in [1.29, 1.82) is 0 Å². The number of hydrogen-bond donors (Lipinski definition) is 1. The molecule has 5 heteroatoms. The first-order valence-corrected chi connectivity index (χ1v) is 7.81. The van der Waals surface area contributed by atoms with Gasteiger partial charge in [-0.3, -0.25) is 4.79 Å². The summed E-state index contributed by atoms with van der Waals surface area (Å²) in [4.78, 5) is 11.8. The molecule has 0 saturated heterocycles. The maximum absolute atomic E-state index is 13.6. The fraction of sp³-hybridized carbons (Fsp3) is 0.235. The Morgan fingerprint density at radius 1 is 1.18 bits per heavy atom. The van der Waals surface area contributed by atoms with E-state index in [1.54, 1.807) is 6.07 Å². The Kier molecular flexibility index (Phi) is 6.55. The Morgan fingerprint density at radius 3 is 2.68 bits per heavy atom. The number of carbonyl (C=O) groups is 1. The van der Waals surface area contributed by atoms with Crippen LogP contribution in [0.5, 0.6) is 0 Å². The molecule has 2 aromatic carbocycles. The first kappa shape index (κ1) is 16.6. The van der Waals surface area contributed by atoms with Crippen LogP contribution in [0.2, 0.25) is 0 Å². The summed E-state index contributed by atoms with van der Waals surface area (Å²) in [5.41, 5.74) is 1.16. The zero-order valence-corrected chi connectivity index (χ0v) is 13.6. The molecule has 0 aromatic heterocycles. The van der Waals surface area contributed by atoms with Crippen LogP contribution in [0.4, 0.5) is 4.39 Å². The van der Waals surface area contributed by atoms with E-state index in [2.05, 4.69) is 21.2 Å². The summed E-state index contributed by atoms with van der Waals surface area (Å²) in [7, 11) is 0. The van der Waals surface area contributed by atoms with E-state index in [0.717, 1.165) is 5.56 Å². The predicted molar refractivity (Wildman–Crippen MR) is 87.1 cm³/mol. The highest BCUT2D eigenvalue weighted by Crippen LogP contribution is 2.15. The average molecular weight is 366 g/mol. The van der Waals surface area contributed by atoms with Gasteiger partial charge < -0.3 is 10.1 Å². The molecule has 0 aliphatic carbocycles. The van der Waals surface area contributed by atoms with Crippen molar-refractivity contribution in [2.45, 2.75) is 13.0 Å². The van der Waals surface area contributed by atoms with E-state index in [0.29, 0.717) is 30.7 Å². The van der Waals surface area contributed by atoms with Crippen LogP contribution in [0.3, 0.4) is 0 Å². The van der Waals surface area contributed by atoms with Gasteiger partial charge in [-0.15, -0.1) is 0 Å². The summed E-state index contributed by atoms with van der Waals surface area (Å²) in [6.07, 6.45) is 0.677. The molecule has 2 aromatic rings. The molecule has 0 aliphatic heterocycles. The first-order chi connectivity index (χ1) is 10.7. The number of amides is 1. The van der Waals surface area contributed by atoms with E-state index in [9.17, 15) is 9.18 Å². The topological polar surface area (TPSA) is 38.3 Å². The third-order valence-electron chi connectivity index (χ3n) is 3.04. The predicted octanol–water partition coefficient (Wildman–Crippen LogP) is 3.92. The van der Waals surface area contributed by atoms with Crippen molar-refractivity contribution in [2.75, 3.05) is 13.2 Å². The molecule has 116 valence electrons. The molecule has 0 saturated carbocycles. The number of halogens is 2. The van der Waals surface area contributed by atoms with Crippen LogP contribution < -0.4 is 5.32 Å². The molecule has 0 atom stereocenters. The zero-order chi connectivity index (χ0) is 15.8. The van der Waals surface area contributed by atoms with Crippen LogP contribution in [0.1, 0.15) is 22.3 Å². The molecular weight excluding hydrogens is 349 g/mol. The highest BCUT2D eigenvalue weighted by molar-refractivity contribution is 9.10. The summed E-state index contributed by atoms with van der Waals surface area (Å²) in [6.45, 7) is 1.54. The molecule has 0 radical (unpaired) electrons. The van der Waals surface area contributed by atoms with Crippen molar-refractivity contribution in [2.24, 2.45) is 0 Å². The maximum atomic E-state index is 13.6. The molecular formula is C17H17BrFNO2. The number of carbonyl (C=O) groups excluding carboxylic acids is 1. The van der Waals surface area contributed by atoms with Crippen LogP contribution in [0.25, 0.3) is 0 Å². The second-order valence-corrected chi connectivity index (χ2v) is 5.69. The molecule has 1 N–H and O–H groups in total. The van der Waals surface area contributed by atoms with Gasteiger partial charge in [0.15, 0.2) is 0 Å². The van der Waals surface area contributed by atoms with Crippen molar-refractivity contribution in [3.63, 3.8) is 0 Å². The molecule has 2 rings (SSSR count). The molecule has 0 heterocycles. The average Bonchev–Trinajstić information content (AvgIpc) is 2.51. The number of nitrogens with one attached hydrogen (secondary N) is 1. The highest BCUT2D eigenvalue weighted by Gasteiger charge is 2.10. The van der Waals surface area contributed by atoms with Crippen LogP contribution >= 0.6 is 15.9 Å². The van der Waals surface area contributed by atoms with E-state index < -0.39 is 11.7 Å². The van der Waals surface area contributed by atoms with Crippen molar-refractivity contribution in [3.8, 4) is 0 Å². The Bertz CT molecular complexity index is 619. The van der Waals surface area contributed by atoms with Crippen LogP contribution in [0.15, 0.2) is 53.0 Å². The molecule has 0 fully saturated rings. The second-order valence-electron chi connectivity index (χ2n) is 4.77. The van der Waals surface area contributed by atoms with Gasteiger partial charge in [0.25, 0.3) is 5.91 Å². The van der Waals surface area contributed by atoms with Crippen molar-refractivity contribution in [3.05, 3.63) is 69.9 Å². The lowest BCUT2D eigenvalue weighted by Gasteiger charge is -2.07. The van der Waals surface area contributed by atoms with Crippen LogP contribution in [0, 0.1) is 5.82 Å².